The molecule has 2 rings (SSSR count). The summed E-state index contributed by atoms with van der Waals surface area (Å²) in [5.74, 6) is 0. The van der Waals surface area contributed by atoms with Crippen molar-refractivity contribution in [2.75, 3.05) is 0 Å². The molecule has 0 saturated carbocycles. The van der Waals surface area contributed by atoms with Crippen molar-refractivity contribution in [2.45, 2.75) is 19.3 Å². The van der Waals surface area contributed by atoms with Crippen LogP contribution in [0.1, 0.15) is 16.7 Å². The number of hydrogen-bond acceptors (Lipinski definition) is 2. The number of nitrogens with one attached hydrogen (secondary N) is 2. The lowest BCUT2D eigenvalue weighted by Gasteiger charge is -2.08. The highest BCUT2D eigenvalue weighted by atomic mass is 19.4. The third-order valence-electron chi connectivity index (χ3n) is 2.49. The number of aromatic amines is 1. The Kier molecular flexibility index (Phi) is 3.66. The zero-order valence-corrected chi connectivity index (χ0v) is 9.46. The fraction of sp³-hybridized carbons (Fsp3) is 0.250. The average molecular weight is 255 g/mol. The van der Waals surface area contributed by atoms with Crippen molar-refractivity contribution in [3.05, 3.63) is 53.3 Å². The first kappa shape index (κ1) is 12.6. The van der Waals surface area contributed by atoms with Crippen molar-refractivity contribution in [1.29, 1.82) is 0 Å². The number of hydrogen-bond donors (Lipinski definition) is 2. The Balaban J connectivity index is 1.87. The molecule has 0 unspecified atom stereocenters. The van der Waals surface area contributed by atoms with Crippen LogP contribution < -0.4 is 5.32 Å². The summed E-state index contributed by atoms with van der Waals surface area (Å²) < 4.78 is 37.0. The van der Waals surface area contributed by atoms with Crippen LogP contribution in [0.25, 0.3) is 0 Å². The van der Waals surface area contributed by atoms with Crippen molar-refractivity contribution < 1.29 is 13.2 Å². The van der Waals surface area contributed by atoms with E-state index in [4.69, 9.17) is 0 Å². The normalized spacial score (nSPS) is 11.7. The van der Waals surface area contributed by atoms with Crippen molar-refractivity contribution in [3.63, 3.8) is 0 Å². The van der Waals surface area contributed by atoms with Crippen LogP contribution in [0.3, 0.4) is 0 Å². The summed E-state index contributed by atoms with van der Waals surface area (Å²) in [6.07, 6.45) is -0.817. The number of halogens is 3. The monoisotopic (exact) mass is 255 g/mol. The smallest absolute Gasteiger partial charge is 0.309 e. The molecule has 1 aromatic carbocycles. The van der Waals surface area contributed by atoms with Gasteiger partial charge >= 0.3 is 6.18 Å². The first-order chi connectivity index (χ1) is 8.55. The number of alkyl halides is 3. The first-order valence-corrected chi connectivity index (χ1v) is 5.40. The summed E-state index contributed by atoms with van der Waals surface area (Å²) in [7, 11) is 0. The van der Waals surface area contributed by atoms with Crippen molar-refractivity contribution in [3.8, 4) is 0 Å². The van der Waals surface area contributed by atoms with Gasteiger partial charge < -0.3 is 5.32 Å². The zero-order chi connectivity index (χ0) is 13.0. The number of nitrogens with zero attached hydrogens (tertiary/aromatic N) is 1. The van der Waals surface area contributed by atoms with Gasteiger partial charge in [-0.2, -0.15) is 18.3 Å². The van der Waals surface area contributed by atoms with Gasteiger partial charge in [-0.3, -0.25) is 5.10 Å². The number of H-pyrrole nitrogens is 1. The van der Waals surface area contributed by atoms with Gasteiger partial charge in [0, 0.05) is 24.8 Å². The maximum atomic E-state index is 12.3. The van der Waals surface area contributed by atoms with Crippen molar-refractivity contribution >= 4 is 0 Å². The predicted molar refractivity (Wildman–Crippen MR) is 60.6 cm³/mol. The molecule has 0 spiro atoms. The minimum absolute atomic E-state index is 0.517. The van der Waals surface area contributed by atoms with E-state index in [9.17, 15) is 13.2 Å². The minimum Gasteiger partial charge on any atom is -0.309 e. The first-order valence-electron chi connectivity index (χ1n) is 5.40. The van der Waals surface area contributed by atoms with Gasteiger partial charge in [-0.25, -0.2) is 0 Å². The Labute approximate surface area is 102 Å². The lowest BCUT2D eigenvalue weighted by Crippen LogP contribution is -2.12. The Hall–Kier alpha value is -1.82. The third kappa shape index (κ3) is 3.33. The van der Waals surface area contributed by atoms with Crippen LogP contribution in [0, 0.1) is 0 Å². The second-order valence-corrected chi connectivity index (χ2v) is 3.90. The Morgan fingerprint density at radius 3 is 2.28 bits per heavy atom. The van der Waals surface area contributed by atoms with E-state index in [0.717, 1.165) is 23.3 Å². The Morgan fingerprint density at radius 2 is 1.72 bits per heavy atom. The molecule has 0 aliphatic heterocycles. The highest BCUT2D eigenvalue weighted by molar-refractivity contribution is 5.24. The molecule has 1 aromatic heterocycles. The molecule has 96 valence electrons. The molecule has 0 aliphatic rings. The number of rotatable bonds is 4. The van der Waals surface area contributed by atoms with Crippen molar-refractivity contribution in [2.24, 2.45) is 0 Å². The van der Waals surface area contributed by atoms with Gasteiger partial charge in [0.05, 0.1) is 11.8 Å². The van der Waals surface area contributed by atoms with Gasteiger partial charge in [-0.1, -0.05) is 12.1 Å². The van der Waals surface area contributed by atoms with Gasteiger partial charge in [-0.05, 0) is 17.7 Å². The zero-order valence-electron chi connectivity index (χ0n) is 9.46. The lowest BCUT2D eigenvalue weighted by atomic mass is 10.1. The average Bonchev–Trinajstić information content (AvgIpc) is 2.82. The Morgan fingerprint density at radius 1 is 1.06 bits per heavy atom. The summed E-state index contributed by atoms with van der Waals surface area (Å²) in [6, 6.07) is 5.14. The van der Waals surface area contributed by atoms with E-state index >= 15 is 0 Å². The van der Waals surface area contributed by atoms with E-state index in [1.54, 1.807) is 12.4 Å². The maximum Gasteiger partial charge on any atom is 0.416 e. The molecule has 0 atom stereocenters. The summed E-state index contributed by atoms with van der Waals surface area (Å²) >= 11 is 0. The third-order valence-corrected chi connectivity index (χ3v) is 2.49. The standard InChI is InChI=1S/C12H12F3N3/c13-12(14,15)11-3-1-9(2-4-11)5-16-6-10-7-17-18-8-10/h1-4,7-8,16H,5-6H2,(H,17,18). The molecule has 1 heterocycles. The van der Waals surface area contributed by atoms with Crippen LogP contribution in [0.4, 0.5) is 13.2 Å². The van der Waals surface area contributed by atoms with Crippen LogP contribution in [-0.2, 0) is 19.3 Å². The maximum absolute atomic E-state index is 12.3. The van der Waals surface area contributed by atoms with Gasteiger partial charge in [-0.15, -0.1) is 0 Å². The fourth-order valence-corrected chi connectivity index (χ4v) is 1.54. The lowest BCUT2D eigenvalue weighted by molar-refractivity contribution is -0.137. The van der Waals surface area contributed by atoms with Crippen LogP contribution in [-0.4, -0.2) is 10.2 Å². The van der Waals surface area contributed by atoms with Crippen LogP contribution >= 0.6 is 0 Å². The fourth-order valence-electron chi connectivity index (χ4n) is 1.54. The molecule has 0 bridgehead atoms. The van der Waals surface area contributed by atoms with E-state index in [-0.39, 0.29) is 0 Å². The molecule has 0 fully saturated rings. The van der Waals surface area contributed by atoms with E-state index in [2.05, 4.69) is 15.5 Å². The predicted octanol–water partition coefficient (Wildman–Crippen LogP) is 2.72. The van der Waals surface area contributed by atoms with E-state index in [0.29, 0.717) is 13.1 Å². The van der Waals surface area contributed by atoms with E-state index in [1.807, 2.05) is 0 Å². The summed E-state index contributed by atoms with van der Waals surface area (Å²) in [5.41, 5.74) is 1.19. The molecule has 6 heteroatoms. The highest BCUT2D eigenvalue weighted by Gasteiger charge is 2.29. The topological polar surface area (TPSA) is 40.7 Å². The van der Waals surface area contributed by atoms with Gasteiger partial charge in [0.1, 0.15) is 0 Å². The number of aromatic nitrogens is 2. The Bertz CT molecular complexity index is 474. The molecular formula is C12H12F3N3. The number of benzene rings is 1. The molecule has 0 radical (unpaired) electrons. The second-order valence-electron chi connectivity index (χ2n) is 3.90. The summed E-state index contributed by atoms with van der Waals surface area (Å²) in [5, 5.41) is 9.60. The van der Waals surface area contributed by atoms with Crippen LogP contribution in [0.5, 0.6) is 0 Å². The summed E-state index contributed by atoms with van der Waals surface area (Å²) in [6.45, 7) is 1.14. The van der Waals surface area contributed by atoms with Gasteiger partial charge in [0.15, 0.2) is 0 Å². The van der Waals surface area contributed by atoms with Crippen LogP contribution in [0.15, 0.2) is 36.7 Å². The van der Waals surface area contributed by atoms with E-state index < -0.39 is 11.7 Å². The van der Waals surface area contributed by atoms with Gasteiger partial charge in [0.25, 0.3) is 0 Å². The minimum atomic E-state index is -4.28. The molecule has 0 amide bonds. The molecule has 0 saturated heterocycles. The largest absolute Gasteiger partial charge is 0.416 e. The molecular weight excluding hydrogens is 243 g/mol. The highest BCUT2D eigenvalue weighted by Crippen LogP contribution is 2.28. The molecule has 2 N–H and O–H groups in total. The summed E-state index contributed by atoms with van der Waals surface area (Å²) in [4.78, 5) is 0. The molecule has 2 aromatic rings. The quantitative estimate of drug-likeness (QED) is 0.881. The second kappa shape index (κ2) is 5.22. The van der Waals surface area contributed by atoms with Gasteiger partial charge in [0.2, 0.25) is 0 Å². The van der Waals surface area contributed by atoms with Crippen LogP contribution in [0.2, 0.25) is 0 Å². The SMILES string of the molecule is FC(F)(F)c1ccc(CNCc2cn[nH]c2)cc1. The molecule has 18 heavy (non-hydrogen) atoms. The molecule has 3 nitrogen and oxygen atoms in total. The molecule has 0 aliphatic carbocycles. The van der Waals surface area contributed by atoms with Crippen molar-refractivity contribution in [1.82, 2.24) is 15.5 Å². The van der Waals surface area contributed by atoms with E-state index in [1.165, 1.54) is 12.1 Å².